The lowest BCUT2D eigenvalue weighted by atomic mass is 10.3. The lowest BCUT2D eigenvalue weighted by Gasteiger charge is -2.34. The van der Waals surface area contributed by atoms with Crippen molar-refractivity contribution in [3.8, 4) is 0 Å². The first-order chi connectivity index (χ1) is 12.4. The van der Waals surface area contributed by atoms with E-state index in [2.05, 4.69) is 35.8 Å². The van der Waals surface area contributed by atoms with Gasteiger partial charge < -0.3 is 14.9 Å². The number of aromatic amines is 2. The molecule has 1 aliphatic rings. The number of imidazole rings is 1. The third kappa shape index (κ3) is 3.04. The fourth-order valence-corrected chi connectivity index (χ4v) is 5.52. The topological polar surface area (TPSA) is 102 Å². The zero-order valence-electron chi connectivity index (χ0n) is 13.6. The van der Waals surface area contributed by atoms with Crippen LogP contribution < -0.4 is 10.6 Å². The van der Waals surface area contributed by atoms with Crippen molar-refractivity contribution in [3.63, 3.8) is 0 Å². The Kier molecular flexibility index (Phi) is 4.33. The van der Waals surface area contributed by atoms with E-state index in [9.17, 15) is 13.2 Å². The maximum absolute atomic E-state index is 13.1. The van der Waals surface area contributed by atoms with Gasteiger partial charge in [-0.15, -0.1) is 0 Å². The average molecular weight is 438 g/mol. The fourth-order valence-electron chi connectivity index (χ4n) is 3.07. The average Bonchev–Trinajstić information content (AvgIpc) is 3.00. The lowest BCUT2D eigenvalue weighted by molar-refractivity contribution is 0.383. The van der Waals surface area contributed by atoms with Crippen molar-refractivity contribution >= 4 is 42.8 Å². The van der Waals surface area contributed by atoms with Crippen LogP contribution in [0.4, 0.5) is 5.82 Å². The van der Waals surface area contributed by atoms with Crippen molar-refractivity contribution in [1.82, 2.24) is 19.3 Å². The van der Waals surface area contributed by atoms with E-state index >= 15 is 0 Å². The molecule has 1 saturated heterocycles. The number of anilines is 1. The number of rotatable bonds is 3. The Morgan fingerprint density at radius 2 is 1.73 bits per heavy atom. The number of hydrogen-bond acceptors (Lipinski definition) is 5. The van der Waals surface area contributed by atoms with E-state index in [0.29, 0.717) is 41.7 Å². The Morgan fingerprint density at radius 1 is 1.04 bits per heavy atom. The number of hydrogen-bond donors (Lipinski definition) is 2. The minimum absolute atomic E-state index is 0.145. The normalized spacial score (nSPS) is 16.3. The summed E-state index contributed by atoms with van der Waals surface area (Å²) in [7, 11) is -3.68. The minimum atomic E-state index is -3.68. The van der Waals surface area contributed by atoms with E-state index in [1.165, 1.54) is 10.4 Å². The zero-order valence-corrected chi connectivity index (χ0v) is 16.0. The number of halogens is 1. The van der Waals surface area contributed by atoms with Crippen LogP contribution in [0.2, 0.25) is 0 Å². The summed E-state index contributed by atoms with van der Waals surface area (Å²) in [5.74, 6) is 0.844. The summed E-state index contributed by atoms with van der Waals surface area (Å²) in [5.41, 5.74) is 0.648. The van der Waals surface area contributed by atoms with E-state index in [-0.39, 0.29) is 10.6 Å². The molecule has 10 heteroatoms. The summed E-state index contributed by atoms with van der Waals surface area (Å²) in [6.07, 6.45) is 1.72. The van der Waals surface area contributed by atoms with Gasteiger partial charge in [-0.25, -0.2) is 18.2 Å². The minimum Gasteiger partial charge on any atom is -0.354 e. The van der Waals surface area contributed by atoms with Gasteiger partial charge in [0, 0.05) is 36.8 Å². The highest BCUT2D eigenvalue weighted by molar-refractivity contribution is 9.10. The first-order valence-corrected chi connectivity index (χ1v) is 10.3. The summed E-state index contributed by atoms with van der Waals surface area (Å²) in [4.78, 5) is 23.2. The molecule has 0 aliphatic carbocycles. The van der Waals surface area contributed by atoms with E-state index in [4.69, 9.17) is 0 Å². The summed E-state index contributed by atoms with van der Waals surface area (Å²) < 4.78 is 28.0. The number of piperazine rings is 1. The molecule has 0 amide bonds. The van der Waals surface area contributed by atoms with E-state index < -0.39 is 10.0 Å². The summed E-state index contributed by atoms with van der Waals surface area (Å²) in [6, 6.07) is 8.76. The molecule has 1 aliphatic heterocycles. The SMILES string of the molecule is O=c1[nH]c2cc(Br)c(S(=O)(=O)N3CCN(c4ccccn4)CC3)cc2[nH]1. The zero-order chi connectivity index (χ0) is 18.3. The Balaban J connectivity index is 1.60. The molecule has 3 heterocycles. The Labute approximate surface area is 158 Å². The fraction of sp³-hybridized carbons (Fsp3) is 0.250. The molecule has 136 valence electrons. The Bertz CT molecular complexity index is 1100. The maximum atomic E-state index is 13.1. The number of nitrogens with one attached hydrogen (secondary N) is 2. The van der Waals surface area contributed by atoms with Crippen LogP contribution in [0.15, 0.2) is 50.7 Å². The second-order valence-corrected chi connectivity index (χ2v) is 8.75. The monoisotopic (exact) mass is 437 g/mol. The van der Waals surface area contributed by atoms with Crippen molar-refractivity contribution in [2.75, 3.05) is 31.1 Å². The number of fused-ring (bicyclic) bond motifs is 1. The van der Waals surface area contributed by atoms with Crippen LogP contribution in [0.1, 0.15) is 0 Å². The van der Waals surface area contributed by atoms with Crippen molar-refractivity contribution in [2.24, 2.45) is 0 Å². The van der Waals surface area contributed by atoms with Crippen LogP contribution >= 0.6 is 15.9 Å². The second kappa shape index (κ2) is 6.53. The summed E-state index contributed by atoms with van der Waals surface area (Å²) in [5, 5.41) is 0. The van der Waals surface area contributed by atoms with E-state index in [1.807, 2.05) is 18.2 Å². The first-order valence-electron chi connectivity index (χ1n) is 8.03. The van der Waals surface area contributed by atoms with Gasteiger partial charge in [-0.2, -0.15) is 4.31 Å². The van der Waals surface area contributed by atoms with Crippen molar-refractivity contribution in [1.29, 1.82) is 0 Å². The molecule has 0 bridgehead atoms. The van der Waals surface area contributed by atoms with Crippen LogP contribution in [0, 0.1) is 0 Å². The van der Waals surface area contributed by atoms with Gasteiger partial charge in [0.2, 0.25) is 10.0 Å². The molecular weight excluding hydrogens is 422 g/mol. The van der Waals surface area contributed by atoms with Crippen LogP contribution in [0.5, 0.6) is 0 Å². The van der Waals surface area contributed by atoms with Gasteiger partial charge in [0.1, 0.15) is 5.82 Å². The number of nitrogens with zero attached hydrogens (tertiary/aromatic N) is 3. The number of benzene rings is 1. The van der Waals surface area contributed by atoms with Crippen molar-refractivity contribution in [2.45, 2.75) is 4.90 Å². The number of aromatic nitrogens is 3. The van der Waals surface area contributed by atoms with Crippen LogP contribution in [0.25, 0.3) is 11.0 Å². The molecule has 4 rings (SSSR count). The maximum Gasteiger partial charge on any atom is 0.323 e. The molecule has 3 aromatic rings. The second-order valence-electron chi connectivity index (χ2n) is 5.99. The molecule has 0 atom stereocenters. The highest BCUT2D eigenvalue weighted by Crippen LogP contribution is 2.29. The molecule has 1 aromatic carbocycles. The predicted molar refractivity (Wildman–Crippen MR) is 102 cm³/mol. The standard InChI is InChI=1S/C16H16BrN5O3S/c17-11-9-12-13(20-16(23)19-12)10-14(11)26(24,25)22-7-5-21(6-8-22)15-3-1-2-4-18-15/h1-4,9-10H,5-8H2,(H2,19,20,23). The van der Waals surface area contributed by atoms with Crippen molar-refractivity contribution < 1.29 is 8.42 Å². The number of H-pyrrole nitrogens is 2. The van der Waals surface area contributed by atoms with Crippen LogP contribution in [-0.4, -0.2) is 53.9 Å². The van der Waals surface area contributed by atoms with E-state index in [0.717, 1.165) is 5.82 Å². The van der Waals surface area contributed by atoms with Gasteiger partial charge in [0.25, 0.3) is 0 Å². The number of pyridine rings is 1. The molecule has 2 N–H and O–H groups in total. The van der Waals surface area contributed by atoms with Crippen LogP contribution in [0.3, 0.4) is 0 Å². The highest BCUT2D eigenvalue weighted by Gasteiger charge is 2.30. The molecule has 0 spiro atoms. The molecule has 26 heavy (non-hydrogen) atoms. The molecule has 0 saturated carbocycles. The van der Waals surface area contributed by atoms with Crippen LogP contribution in [-0.2, 0) is 10.0 Å². The summed E-state index contributed by atoms with van der Waals surface area (Å²) >= 11 is 3.32. The molecular formula is C16H16BrN5O3S. The van der Waals surface area contributed by atoms with Gasteiger partial charge in [0.15, 0.2) is 0 Å². The van der Waals surface area contributed by atoms with Gasteiger partial charge in [-0.3, -0.25) is 0 Å². The quantitative estimate of drug-likeness (QED) is 0.646. The third-order valence-corrected chi connectivity index (χ3v) is 7.26. The smallest absolute Gasteiger partial charge is 0.323 e. The lowest BCUT2D eigenvalue weighted by Crippen LogP contribution is -2.49. The van der Waals surface area contributed by atoms with Gasteiger partial charge in [0.05, 0.1) is 15.9 Å². The molecule has 1 fully saturated rings. The Hall–Kier alpha value is -2.17. The molecule has 0 radical (unpaired) electrons. The molecule has 0 unspecified atom stereocenters. The highest BCUT2D eigenvalue weighted by atomic mass is 79.9. The van der Waals surface area contributed by atoms with Gasteiger partial charge in [-0.1, -0.05) is 6.07 Å². The van der Waals surface area contributed by atoms with E-state index in [1.54, 1.807) is 12.3 Å². The van der Waals surface area contributed by atoms with Crippen molar-refractivity contribution in [3.05, 3.63) is 51.5 Å². The molecule has 8 nitrogen and oxygen atoms in total. The Morgan fingerprint density at radius 3 is 2.38 bits per heavy atom. The summed E-state index contributed by atoms with van der Waals surface area (Å²) in [6.45, 7) is 1.87. The predicted octanol–water partition coefficient (Wildman–Crippen LogP) is 1.52. The van der Waals surface area contributed by atoms with Gasteiger partial charge in [-0.05, 0) is 40.2 Å². The third-order valence-electron chi connectivity index (χ3n) is 4.40. The first kappa shape index (κ1) is 17.3. The van der Waals surface area contributed by atoms with Gasteiger partial charge >= 0.3 is 5.69 Å². The largest absolute Gasteiger partial charge is 0.354 e. The number of sulfonamides is 1. The molecule has 2 aromatic heterocycles.